The molecule has 7 nitrogen and oxygen atoms in total. The van der Waals surface area contributed by atoms with Crippen LogP contribution in [0.4, 0.5) is 11.5 Å². The third-order valence-electron chi connectivity index (χ3n) is 3.14. The van der Waals surface area contributed by atoms with Gasteiger partial charge in [-0.3, -0.25) is 4.40 Å². The average Bonchev–Trinajstić information content (AvgIpc) is 2.81. The lowest BCUT2D eigenvalue weighted by Gasteiger charge is -1.99. The Hall–Kier alpha value is -3.22. The monoisotopic (exact) mass is 296 g/mol. The van der Waals surface area contributed by atoms with Crippen molar-refractivity contribution in [3.63, 3.8) is 0 Å². The summed E-state index contributed by atoms with van der Waals surface area (Å²) in [6.07, 6.45) is 1.44. The summed E-state index contributed by atoms with van der Waals surface area (Å²) in [6, 6.07) is 9.65. The van der Waals surface area contributed by atoms with E-state index in [1.165, 1.54) is 18.3 Å². The van der Waals surface area contributed by atoms with Crippen molar-refractivity contribution in [2.75, 3.05) is 0 Å². The largest absolute Gasteiger partial charge is 0.506 e. The van der Waals surface area contributed by atoms with Crippen molar-refractivity contribution >= 4 is 23.1 Å². The van der Waals surface area contributed by atoms with E-state index >= 15 is 0 Å². The molecule has 0 radical (unpaired) electrons. The first-order valence-corrected chi connectivity index (χ1v) is 6.48. The summed E-state index contributed by atoms with van der Waals surface area (Å²) in [7, 11) is 0. The Morgan fingerprint density at radius 3 is 2.68 bits per heavy atom. The predicted octanol–water partition coefficient (Wildman–Crippen LogP) is 3.46. The third kappa shape index (κ3) is 2.39. The van der Waals surface area contributed by atoms with Crippen molar-refractivity contribution in [2.24, 2.45) is 10.2 Å². The van der Waals surface area contributed by atoms with Crippen molar-refractivity contribution in [1.82, 2.24) is 9.38 Å². The van der Waals surface area contributed by atoms with Gasteiger partial charge in [-0.1, -0.05) is 12.1 Å². The number of hydrogen-bond donors (Lipinski definition) is 2. The number of pyridine rings is 1. The van der Waals surface area contributed by atoms with E-state index in [1.807, 2.05) is 0 Å². The van der Waals surface area contributed by atoms with Crippen LogP contribution in [0, 0.1) is 6.92 Å². The first-order chi connectivity index (χ1) is 10.6. The number of phenolic OH excluding ortho intramolecular Hbond substituents is 1. The quantitative estimate of drug-likeness (QED) is 0.723. The van der Waals surface area contributed by atoms with Gasteiger partial charge in [0.1, 0.15) is 17.1 Å². The summed E-state index contributed by atoms with van der Waals surface area (Å²) in [5.41, 5.74) is 1.64. The molecular formula is C15H12N4O3. The van der Waals surface area contributed by atoms with Gasteiger partial charge in [0, 0.05) is 6.20 Å². The number of aromatic carboxylic acids is 1. The van der Waals surface area contributed by atoms with Crippen LogP contribution in [0.2, 0.25) is 0 Å². The molecule has 0 atom stereocenters. The molecule has 0 amide bonds. The van der Waals surface area contributed by atoms with Crippen LogP contribution in [0.1, 0.15) is 16.1 Å². The molecule has 22 heavy (non-hydrogen) atoms. The van der Waals surface area contributed by atoms with Crippen molar-refractivity contribution in [2.45, 2.75) is 6.92 Å². The number of aromatic hydroxyl groups is 1. The molecule has 0 aliphatic carbocycles. The lowest BCUT2D eigenvalue weighted by Crippen LogP contribution is -1.98. The molecule has 0 saturated carbocycles. The zero-order valence-electron chi connectivity index (χ0n) is 11.6. The fraction of sp³-hybridized carbons (Fsp3) is 0.0667. The highest BCUT2D eigenvalue weighted by molar-refractivity contribution is 5.87. The van der Waals surface area contributed by atoms with Gasteiger partial charge in [0.25, 0.3) is 0 Å². The number of nitrogens with zero attached hydrogens (tertiary/aromatic N) is 4. The minimum Gasteiger partial charge on any atom is -0.506 e. The number of imidazole rings is 1. The molecule has 0 bridgehead atoms. The van der Waals surface area contributed by atoms with Crippen LogP contribution in [0.25, 0.3) is 5.65 Å². The molecule has 3 aromatic rings. The Balaban J connectivity index is 2.10. The summed E-state index contributed by atoms with van der Waals surface area (Å²) >= 11 is 0. The van der Waals surface area contributed by atoms with Gasteiger partial charge in [-0.05, 0) is 31.2 Å². The molecule has 110 valence electrons. The summed E-state index contributed by atoms with van der Waals surface area (Å²) in [5.74, 6) is -0.595. The number of aryl methyl sites for hydroxylation is 1. The lowest BCUT2D eigenvalue weighted by molar-refractivity contribution is 0.0696. The van der Waals surface area contributed by atoms with E-state index < -0.39 is 5.97 Å². The van der Waals surface area contributed by atoms with Crippen LogP contribution >= 0.6 is 0 Å². The highest BCUT2D eigenvalue weighted by Crippen LogP contribution is 2.28. The van der Waals surface area contributed by atoms with E-state index in [0.29, 0.717) is 22.8 Å². The normalized spacial score (nSPS) is 11.3. The number of hydrogen-bond acceptors (Lipinski definition) is 5. The maximum absolute atomic E-state index is 11.1. The van der Waals surface area contributed by atoms with E-state index in [2.05, 4.69) is 15.2 Å². The second-order valence-electron chi connectivity index (χ2n) is 4.66. The molecule has 1 aromatic carbocycles. The molecule has 2 N–H and O–H groups in total. The van der Waals surface area contributed by atoms with E-state index in [1.54, 1.807) is 35.6 Å². The fourth-order valence-corrected chi connectivity index (χ4v) is 2.05. The molecule has 0 saturated heterocycles. The molecule has 0 unspecified atom stereocenters. The van der Waals surface area contributed by atoms with Crippen LogP contribution in [-0.2, 0) is 0 Å². The Morgan fingerprint density at radius 1 is 1.18 bits per heavy atom. The maximum Gasteiger partial charge on any atom is 0.337 e. The molecule has 0 spiro atoms. The fourth-order valence-electron chi connectivity index (χ4n) is 2.05. The van der Waals surface area contributed by atoms with Gasteiger partial charge >= 0.3 is 5.97 Å². The minimum atomic E-state index is -1.03. The smallest absolute Gasteiger partial charge is 0.337 e. The number of fused-ring (bicyclic) bond motifs is 1. The van der Waals surface area contributed by atoms with Crippen LogP contribution in [0.3, 0.4) is 0 Å². The highest BCUT2D eigenvalue weighted by atomic mass is 16.4. The van der Waals surface area contributed by atoms with Gasteiger partial charge in [-0.25, -0.2) is 9.78 Å². The SMILES string of the molecule is Cc1nc2ccc(C(=O)O)cn2c1N=Nc1ccccc1O. The second kappa shape index (κ2) is 5.28. The molecule has 0 aliphatic rings. The van der Waals surface area contributed by atoms with Gasteiger partial charge in [-0.15, -0.1) is 10.2 Å². The van der Waals surface area contributed by atoms with Gasteiger partial charge in [0.05, 0.1) is 11.3 Å². The zero-order valence-corrected chi connectivity index (χ0v) is 11.6. The van der Waals surface area contributed by atoms with Crippen LogP contribution < -0.4 is 0 Å². The molecule has 2 aromatic heterocycles. The van der Waals surface area contributed by atoms with Gasteiger partial charge in [0.2, 0.25) is 0 Å². The predicted molar refractivity (Wildman–Crippen MR) is 79.2 cm³/mol. The topological polar surface area (TPSA) is 99.5 Å². The molecular weight excluding hydrogens is 284 g/mol. The average molecular weight is 296 g/mol. The summed E-state index contributed by atoms with van der Waals surface area (Å²) < 4.78 is 1.56. The lowest BCUT2D eigenvalue weighted by atomic mass is 10.3. The number of carboxylic acids is 1. The molecule has 3 rings (SSSR count). The number of aromatic nitrogens is 2. The molecule has 0 aliphatic heterocycles. The van der Waals surface area contributed by atoms with Gasteiger partial charge < -0.3 is 10.2 Å². The second-order valence-corrected chi connectivity index (χ2v) is 4.66. The molecule has 2 heterocycles. The van der Waals surface area contributed by atoms with E-state index in [4.69, 9.17) is 5.11 Å². The summed E-state index contributed by atoms with van der Waals surface area (Å²) in [4.78, 5) is 15.4. The standard InChI is InChI=1S/C15H12N4O3/c1-9-14(18-17-11-4-2-3-5-12(11)20)19-8-10(15(21)22)6-7-13(19)16-9/h2-8,20H,1H3,(H,21,22). The Labute approximate surface area is 125 Å². The zero-order chi connectivity index (χ0) is 15.7. The third-order valence-corrected chi connectivity index (χ3v) is 3.14. The summed E-state index contributed by atoms with van der Waals surface area (Å²) in [5, 5.41) is 26.8. The van der Waals surface area contributed by atoms with E-state index in [-0.39, 0.29) is 11.3 Å². The van der Waals surface area contributed by atoms with Crippen molar-refractivity contribution < 1.29 is 15.0 Å². The number of azo groups is 1. The van der Waals surface area contributed by atoms with Crippen molar-refractivity contribution in [1.29, 1.82) is 0 Å². The Morgan fingerprint density at radius 2 is 1.95 bits per heavy atom. The number of phenols is 1. The number of carboxylic acid groups (broad SMARTS) is 1. The number of para-hydroxylation sites is 1. The van der Waals surface area contributed by atoms with Crippen LogP contribution in [0.15, 0.2) is 52.8 Å². The van der Waals surface area contributed by atoms with Crippen LogP contribution in [0.5, 0.6) is 5.75 Å². The van der Waals surface area contributed by atoms with Crippen molar-refractivity contribution in [3.05, 3.63) is 53.9 Å². The van der Waals surface area contributed by atoms with Crippen molar-refractivity contribution in [3.8, 4) is 5.75 Å². The number of benzene rings is 1. The first kappa shape index (κ1) is 13.7. The Bertz CT molecular complexity index is 899. The minimum absolute atomic E-state index is 0.0175. The first-order valence-electron chi connectivity index (χ1n) is 6.48. The van der Waals surface area contributed by atoms with Crippen LogP contribution in [-0.4, -0.2) is 25.6 Å². The number of carbonyl (C=O) groups is 1. The number of rotatable bonds is 3. The molecule has 0 fully saturated rings. The molecule has 7 heteroatoms. The van der Waals surface area contributed by atoms with Gasteiger partial charge in [-0.2, -0.15) is 0 Å². The Kier molecular flexibility index (Phi) is 3.30. The maximum atomic E-state index is 11.1. The highest BCUT2D eigenvalue weighted by Gasteiger charge is 2.11. The summed E-state index contributed by atoms with van der Waals surface area (Å²) in [6.45, 7) is 1.76. The van der Waals surface area contributed by atoms with E-state index in [0.717, 1.165) is 0 Å². The van der Waals surface area contributed by atoms with E-state index in [9.17, 15) is 9.90 Å². The van der Waals surface area contributed by atoms with Gasteiger partial charge in [0.15, 0.2) is 5.82 Å².